The van der Waals surface area contributed by atoms with Gasteiger partial charge < -0.3 is 20.8 Å². The Bertz CT molecular complexity index is 1380. The van der Waals surface area contributed by atoms with Crippen LogP contribution in [0.25, 0.3) is 0 Å². The minimum absolute atomic E-state index is 0.0440. The number of aromatic carboxylic acids is 2. The van der Waals surface area contributed by atoms with Gasteiger partial charge in [0, 0.05) is 16.3 Å². The van der Waals surface area contributed by atoms with Crippen LogP contribution in [0.1, 0.15) is 31.1 Å². The van der Waals surface area contributed by atoms with Crippen LogP contribution >= 0.6 is 58.2 Å². The molecule has 0 heterocycles. The van der Waals surface area contributed by atoms with Crippen LogP contribution in [0.3, 0.4) is 0 Å². The highest BCUT2D eigenvalue weighted by Crippen LogP contribution is 2.41. The second-order valence-electron chi connectivity index (χ2n) is 7.01. The van der Waals surface area contributed by atoms with E-state index in [0.717, 1.165) is 0 Å². The van der Waals surface area contributed by atoms with Crippen molar-refractivity contribution in [1.82, 2.24) is 0 Å². The molecule has 8 nitrogen and oxygen atoms in total. The predicted octanol–water partition coefficient (Wildman–Crippen LogP) is 6.68. The van der Waals surface area contributed by atoms with Crippen LogP contribution in [0.5, 0.6) is 0 Å². The smallest absolute Gasteiger partial charge is 0.338 e. The number of rotatable bonds is 8. The van der Waals surface area contributed by atoms with E-state index in [1.54, 1.807) is 30.3 Å². The highest BCUT2D eigenvalue weighted by atomic mass is 35.5. The van der Waals surface area contributed by atoms with Gasteiger partial charge in [0.1, 0.15) is 0 Å². The fourth-order valence-corrected chi connectivity index (χ4v) is 4.67. The molecule has 0 saturated carbocycles. The zero-order chi connectivity index (χ0) is 26.6. The largest absolute Gasteiger partial charge is 0.478 e. The first-order valence-electron chi connectivity index (χ1n) is 9.76. The number of carbonyl (C=O) groups is 4. The molecule has 0 aliphatic rings. The lowest BCUT2D eigenvalue weighted by molar-refractivity contribution is -0.113. The van der Waals surface area contributed by atoms with Gasteiger partial charge in [-0.2, -0.15) is 0 Å². The molecule has 0 spiro atoms. The molecule has 0 unspecified atom stereocenters. The molecule has 0 radical (unpaired) electrons. The van der Waals surface area contributed by atoms with E-state index < -0.39 is 34.0 Å². The van der Waals surface area contributed by atoms with Crippen LogP contribution in [0.2, 0.25) is 20.1 Å². The predicted molar refractivity (Wildman–Crippen MR) is 141 cm³/mol. The maximum atomic E-state index is 12.8. The third kappa shape index (κ3) is 6.43. The third-order valence-corrected chi connectivity index (χ3v) is 7.40. The molecule has 0 aliphatic carbocycles. The molecule has 3 rings (SSSR count). The Labute approximate surface area is 228 Å². The number of anilines is 2. The Hall–Kier alpha value is -2.95. The van der Waals surface area contributed by atoms with E-state index in [0.29, 0.717) is 16.3 Å². The van der Waals surface area contributed by atoms with E-state index >= 15 is 0 Å². The zero-order valence-corrected chi connectivity index (χ0v) is 21.6. The van der Waals surface area contributed by atoms with Crippen molar-refractivity contribution in [2.45, 2.75) is 4.90 Å². The van der Waals surface area contributed by atoms with E-state index in [9.17, 15) is 24.3 Å². The van der Waals surface area contributed by atoms with Gasteiger partial charge in [-0.25, -0.2) is 9.59 Å². The number of benzene rings is 3. The molecule has 3 aromatic carbocycles. The monoisotopic (exact) mass is 586 g/mol. The summed E-state index contributed by atoms with van der Waals surface area (Å²) in [6.45, 7) is 0. The minimum Gasteiger partial charge on any atom is -0.478 e. The molecular weight excluding hydrogens is 574 g/mol. The van der Waals surface area contributed by atoms with Gasteiger partial charge in [0.25, 0.3) is 5.91 Å². The Balaban J connectivity index is 1.66. The summed E-state index contributed by atoms with van der Waals surface area (Å²) in [7, 11) is 0. The molecule has 186 valence electrons. The molecule has 0 aromatic heterocycles. The molecule has 0 atom stereocenters. The number of hydrogen-bond acceptors (Lipinski definition) is 5. The standard InChI is InChI=1S/C23H14Cl4N2O6S/c24-17-15(16(23(34)35)18(25)20(27)19(17)26)21(31)29-11-4-6-13(7-5-11)36-9-14(30)28-12-3-1-2-10(8-12)22(32)33/h1-8H,9H2,(H,28,30)(H,29,31)(H,32,33)(H,34,35). The quantitative estimate of drug-likeness (QED) is 0.131. The second kappa shape index (κ2) is 11.9. The molecule has 4 N–H and O–H groups in total. The van der Waals surface area contributed by atoms with Crippen LogP contribution in [0.15, 0.2) is 53.4 Å². The molecule has 0 bridgehead atoms. The summed E-state index contributed by atoms with van der Waals surface area (Å²) in [5.74, 6) is -3.77. The van der Waals surface area contributed by atoms with Crippen molar-refractivity contribution in [3.05, 3.63) is 85.3 Å². The van der Waals surface area contributed by atoms with Crippen molar-refractivity contribution in [3.8, 4) is 0 Å². The lowest BCUT2D eigenvalue weighted by Gasteiger charge is -2.14. The van der Waals surface area contributed by atoms with Crippen LogP contribution in [-0.4, -0.2) is 39.7 Å². The van der Waals surface area contributed by atoms with Gasteiger partial charge in [0.05, 0.1) is 42.5 Å². The second-order valence-corrected chi connectivity index (χ2v) is 9.57. The maximum Gasteiger partial charge on any atom is 0.338 e. The summed E-state index contributed by atoms with van der Waals surface area (Å²) in [5, 5.41) is 22.4. The fraction of sp³-hybridized carbons (Fsp3) is 0.0435. The van der Waals surface area contributed by atoms with Crippen LogP contribution in [0, 0.1) is 0 Å². The summed E-state index contributed by atoms with van der Waals surface area (Å²) in [5.41, 5.74) is -0.293. The molecule has 13 heteroatoms. The van der Waals surface area contributed by atoms with Gasteiger partial charge in [-0.1, -0.05) is 52.5 Å². The Morgan fingerprint density at radius 2 is 1.33 bits per heavy atom. The highest BCUT2D eigenvalue weighted by molar-refractivity contribution is 8.00. The number of hydrogen-bond donors (Lipinski definition) is 4. The number of halogens is 4. The SMILES string of the molecule is O=C(CSc1ccc(NC(=O)c2c(Cl)c(Cl)c(Cl)c(Cl)c2C(=O)O)cc1)Nc1cccc(C(=O)O)c1. The van der Waals surface area contributed by atoms with Crippen LogP contribution in [-0.2, 0) is 4.79 Å². The normalized spacial score (nSPS) is 10.6. The Morgan fingerprint density at radius 1 is 0.722 bits per heavy atom. The first-order chi connectivity index (χ1) is 17.0. The number of carboxylic acids is 2. The number of carbonyl (C=O) groups excluding carboxylic acids is 2. The van der Waals surface area contributed by atoms with E-state index in [4.69, 9.17) is 51.5 Å². The van der Waals surface area contributed by atoms with E-state index in [-0.39, 0.29) is 32.3 Å². The minimum atomic E-state index is -1.51. The average molecular weight is 588 g/mol. The number of thioether (sulfide) groups is 1. The summed E-state index contributed by atoms with van der Waals surface area (Å²) in [6, 6.07) is 12.2. The van der Waals surface area contributed by atoms with Gasteiger partial charge in [0.2, 0.25) is 5.91 Å². The first kappa shape index (κ1) is 27.6. The maximum absolute atomic E-state index is 12.8. The summed E-state index contributed by atoms with van der Waals surface area (Å²) < 4.78 is 0. The van der Waals surface area contributed by atoms with E-state index in [1.807, 2.05) is 0 Å². The topological polar surface area (TPSA) is 133 Å². The summed E-state index contributed by atoms with van der Waals surface area (Å²) in [4.78, 5) is 48.4. The average Bonchev–Trinajstić information content (AvgIpc) is 2.84. The van der Waals surface area contributed by atoms with Crippen molar-refractivity contribution in [2.24, 2.45) is 0 Å². The van der Waals surface area contributed by atoms with Crippen molar-refractivity contribution in [3.63, 3.8) is 0 Å². The van der Waals surface area contributed by atoms with Gasteiger partial charge in [-0.15, -0.1) is 11.8 Å². The Kier molecular flexibility index (Phi) is 9.10. The fourth-order valence-electron chi connectivity index (χ4n) is 2.95. The zero-order valence-electron chi connectivity index (χ0n) is 17.8. The van der Waals surface area contributed by atoms with Gasteiger partial charge >= 0.3 is 11.9 Å². The van der Waals surface area contributed by atoms with Crippen LogP contribution in [0.4, 0.5) is 11.4 Å². The van der Waals surface area contributed by atoms with Gasteiger partial charge in [-0.05, 0) is 42.5 Å². The van der Waals surface area contributed by atoms with E-state index in [2.05, 4.69) is 10.6 Å². The van der Waals surface area contributed by atoms with Gasteiger partial charge in [0.15, 0.2) is 0 Å². The first-order valence-corrected chi connectivity index (χ1v) is 12.3. The number of carboxylic acid groups (broad SMARTS) is 2. The van der Waals surface area contributed by atoms with E-state index in [1.165, 1.54) is 30.0 Å². The van der Waals surface area contributed by atoms with Crippen LogP contribution < -0.4 is 10.6 Å². The number of nitrogens with one attached hydrogen (secondary N) is 2. The third-order valence-electron chi connectivity index (χ3n) is 4.58. The van der Waals surface area contributed by atoms with Crippen molar-refractivity contribution in [2.75, 3.05) is 16.4 Å². The van der Waals surface area contributed by atoms with Crippen molar-refractivity contribution < 1.29 is 29.4 Å². The van der Waals surface area contributed by atoms with Crippen molar-refractivity contribution in [1.29, 1.82) is 0 Å². The molecule has 0 aliphatic heterocycles. The summed E-state index contributed by atoms with van der Waals surface area (Å²) in [6.07, 6.45) is 0. The number of amides is 2. The summed E-state index contributed by atoms with van der Waals surface area (Å²) >= 11 is 25.2. The molecular formula is C23H14Cl4N2O6S. The molecule has 36 heavy (non-hydrogen) atoms. The molecule has 0 saturated heterocycles. The Morgan fingerprint density at radius 3 is 1.92 bits per heavy atom. The van der Waals surface area contributed by atoms with Crippen molar-refractivity contribution >= 4 is 93.3 Å². The lowest BCUT2D eigenvalue weighted by Crippen LogP contribution is -2.18. The molecule has 0 fully saturated rings. The lowest BCUT2D eigenvalue weighted by atomic mass is 10.1. The van der Waals surface area contributed by atoms with Gasteiger partial charge in [-0.3, -0.25) is 9.59 Å². The molecule has 3 aromatic rings. The highest BCUT2D eigenvalue weighted by Gasteiger charge is 2.28. The molecule has 2 amide bonds.